The summed E-state index contributed by atoms with van der Waals surface area (Å²) in [6.45, 7) is 0. The molecule has 0 spiro atoms. The molecule has 1 fully saturated rings. The van der Waals surface area contributed by atoms with Gasteiger partial charge in [0.05, 0.1) is 0 Å². The van der Waals surface area contributed by atoms with Crippen molar-refractivity contribution in [3.05, 3.63) is 6.42 Å². The van der Waals surface area contributed by atoms with Crippen LogP contribution in [0.3, 0.4) is 0 Å². The average molecular weight is 165 g/mol. The van der Waals surface area contributed by atoms with Crippen molar-refractivity contribution in [2.24, 2.45) is 5.92 Å². The molecule has 3 heteroatoms. The third-order valence-corrected chi connectivity index (χ3v) is 2.04. The molecule has 65 valence electrons. The molecular formula is C8H12F3. The van der Waals surface area contributed by atoms with Crippen molar-refractivity contribution in [1.29, 1.82) is 0 Å². The lowest BCUT2D eigenvalue weighted by Gasteiger charge is -2.22. The summed E-state index contributed by atoms with van der Waals surface area (Å²) < 4.78 is 35.5. The molecule has 0 amide bonds. The number of halogens is 3. The molecule has 1 aliphatic rings. The minimum absolute atomic E-state index is 0.135. The van der Waals surface area contributed by atoms with Crippen molar-refractivity contribution in [3.8, 4) is 0 Å². The van der Waals surface area contributed by atoms with Crippen LogP contribution >= 0.6 is 0 Å². The highest BCUT2D eigenvalue weighted by Crippen LogP contribution is 2.33. The van der Waals surface area contributed by atoms with Gasteiger partial charge < -0.3 is 0 Å². The van der Waals surface area contributed by atoms with Gasteiger partial charge in [-0.05, 0) is 18.8 Å². The molecule has 0 aromatic carbocycles. The summed E-state index contributed by atoms with van der Waals surface area (Å²) in [6, 6.07) is 0. The predicted octanol–water partition coefficient (Wildman–Crippen LogP) is 3.33. The van der Waals surface area contributed by atoms with Gasteiger partial charge in [-0.3, -0.25) is 0 Å². The maximum absolute atomic E-state index is 11.8. The van der Waals surface area contributed by atoms with Gasteiger partial charge in [0.1, 0.15) is 0 Å². The number of rotatable bonds is 1. The second-order valence-electron chi connectivity index (χ2n) is 3.14. The van der Waals surface area contributed by atoms with Crippen LogP contribution < -0.4 is 0 Å². The molecule has 0 bridgehead atoms. The first-order chi connectivity index (χ1) is 5.08. The standard InChI is InChI=1S/C8H12F3/c9-8(10,11)6-7-4-2-1-3-5-7/h2,7H,1,3-6H2. The van der Waals surface area contributed by atoms with Crippen LogP contribution in [-0.2, 0) is 0 Å². The van der Waals surface area contributed by atoms with Crippen molar-refractivity contribution in [2.45, 2.75) is 38.3 Å². The largest absolute Gasteiger partial charge is 0.389 e. The van der Waals surface area contributed by atoms with Gasteiger partial charge in [-0.2, -0.15) is 13.2 Å². The predicted molar refractivity (Wildman–Crippen MR) is 36.9 cm³/mol. The zero-order valence-electron chi connectivity index (χ0n) is 6.32. The molecule has 0 N–H and O–H groups in total. The maximum atomic E-state index is 11.8. The summed E-state index contributed by atoms with van der Waals surface area (Å²) >= 11 is 0. The van der Waals surface area contributed by atoms with Crippen LogP contribution in [0.1, 0.15) is 32.1 Å². The van der Waals surface area contributed by atoms with E-state index in [4.69, 9.17) is 0 Å². The molecule has 0 nitrogen and oxygen atoms in total. The smallest absolute Gasteiger partial charge is 0.171 e. The maximum Gasteiger partial charge on any atom is 0.389 e. The highest BCUT2D eigenvalue weighted by Gasteiger charge is 2.32. The van der Waals surface area contributed by atoms with Crippen LogP contribution in [-0.4, -0.2) is 6.18 Å². The van der Waals surface area contributed by atoms with Gasteiger partial charge in [-0.25, -0.2) is 0 Å². The molecule has 11 heavy (non-hydrogen) atoms. The van der Waals surface area contributed by atoms with Crippen LogP contribution in [0, 0.1) is 12.3 Å². The Bertz CT molecular complexity index is 111. The van der Waals surface area contributed by atoms with Crippen LogP contribution in [0.5, 0.6) is 0 Å². The molecule has 1 atom stereocenters. The van der Waals surface area contributed by atoms with E-state index in [1.807, 2.05) is 6.42 Å². The number of hydrogen-bond acceptors (Lipinski definition) is 0. The van der Waals surface area contributed by atoms with Crippen molar-refractivity contribution >= 4 is 0 Å². The molecule has 0 heterocycles. The summed E-state index contributed by atoms with van der Waals surface area (Å²) in [7, 11) is 0. The van der Waals surface area contributed by atoms with Crippen molar-refractivity contribution in [1.82, 2.24) is 0 Å². The van der Waals surface area contributed by atoms with Crippen LogP contribution in [0.4, 0.5) is 13.2 Å². The summed E-state index contributed by atoms with van der Waals surface area (Å²) in [5, 5.41) is 0. The van der Waals surface area contributed by atoms with Crippen LogP contribution in [0.2, 0.25) is 0 Å². The monoisotopic (exact) mass is 165 g/mol. The highest BCUT2D eigenvalue weighted by molar-refractivity contribution is 4.78. The second-order valence-corrected chi connectivity index (χ2v) is 3.14. The lowest BCUT2D eigenvalue weighted by molar-refractivity contribution is -0.145. The first-order valence-electron chi connectivity index (χ1n) is 3.96. The van der Waals surface area contributed by atoms with E-state index in [1.165, 1.54) is 0 Å². The molecule has 0 aliphatic heterocycles. The van der Waals surface area contributed by atoms with E-state index in [2.05, 4.69) is 0 Å². The minimum Gasteiger partial charge on any atom is -0.171 e. The SMILES string of the molecule is FC(F)(F)CC1C[CH]CCC1. The summed E-state index contributed by atoms with van der Waals surface area (Å²) in [5.41, 5.74) is 0. The first-order valence-corrected chi connectivity index (χ1v) is 3.96. The van der Waals surface area contributed by atoms with E-state index in [1.54, 1.807) is 0 Å². The van der Waals surface area contributed by atoms with E-state index >= 15 is 0 Å². The van der Waals surface area contributed by atoms with Gasteiger partial charge in [-0.15, -0.1) is 0 Å². The Balaban J connectivity index is 2.24. The highest BCUT2D eigenvalue weighted by atomic mass is 19.4. The van der Waals surface area contributed by atoms with Crippen molar-refractivity contribution in [3.63, 3.8) is 0 Å². The Morgan fingerprint density at radius 2 is 2.09 bits per heavy atom. The zero-order chi connectivity index (χ0) is 8.32. The Hall–Kier alpha value is -0.210. The zero-order valence-corrected chi connectivity index (χ0v) is 6.32. The molecule has 0 aromatic rings. The fourth-order valence-corrected chi connectivity index (χ4v) is 1.53. The molecule has 1 saturated carbocycles. The summed E-state index contributed by atoms with van der Waals surface area (Å²) in [6.07, 6.45) is 0.740. The Morgan fingerprint density at radius 3 is 2.55 bits per heavy atom. The summed E-state index contributed by atoms with van der Waals surface area (Å²) in [4.78, 5) is 0. The Morgan fingerprint density at radius 1 is 1.36 bits per heavy atom. The van der Waals surface area contributed by atoms with Crippen LogP contribution in [0.15, 0.2) is 0 Å². The van der Waals surface area contributed by atoms with Gasteiger partial charge >= 0.3 is 6.18 Å². The van der Waals surface area contributed by atoms with Crippen molar-refractivity contribution < 1.29 is 13.2 Å². The summed E-state index contributed by atoms with van der Waals surface area (Å²) in [5.74, 6) is -0.135. The molecule has 0 saturated heterocycles. The fraction of sp³-hybridized carbons (Fsp3) is 0.875. The number of hydrogen-bond donors (Lipinski definition) is 0. The molecule has 1 rings (SSSR count). The molecular weight excluding hydrogens is 153 g/mol. The number of alkyl halides is 3. The lowest BCUT2D eigenvalue weighted by Crippen LogP contribution is -2.17. The Kier molecular flexibility index (Phi) is 2.79. The van der Waals surface area contributed by atoms with E-state index in [9.17, 15) is 13.2 Å². The molecule has 0 aromatic heterocycles. The third-order valence-electron chi connectivity index (χ3n) is 2.04. The van der Waals surface area contributed by atoms with Gasteiger partial charge in [0.25, 0.3) is 0 Å². The van der Waals surface area contributed by atoms with Gasteiger partial charge in [0, 0.05) is 6.42 Å². The van der Waals surface area contributed by atoms with Gasteiger partial charge in [0.15, 0.2) is 0 Å². The fourth-order valence-electron chi connectivity index (χ4n) is 1.53. The topological polar surface area (TPSA) is 0 Å². The quantitative estimate of drug-likeness (QED) is 0.559. The van der Waals surface area contributed by atoms with Crippen molar-refractivity contribution in [2.75, 3.05) is 0 Å². The minimum atomic E-state index is -3.96. The Labute approximate surface area is 64.8 Å². The average Bonchev–Trinajstić information content (AvgIpc) is 1.85. The van der Waals surface area contributed by atoms with Gasteiger partial charge in [0.2, 0.25) is 0 Å². The normalized spacial score (nSPS) is 22.1. The molecule has 1 aliphatic carbocycles. The van der Waals surface area contributed by atoms with E-state index in [0.29, 0.717) is 6.42 Å². The third kappa shape index (κ3) is 3.63. The van der Waals surface area contributed by atoms with E-state index in [0.717, 1.165) is 19.3 Å². The van der Waals surface area contributed by atoms with Crippen LogP contribution in [0.25, 0.3) is 0 Å². The first kappa shape index (κ1) is 8.88. The molecule has 1 radical (unpaired) electrons. The lowest BCUT2D eigenvalue weighted by atomic mass is 9.87. The second kappa shape index (κ2) is 3.46. The van der Waals surface area contributed by atoms with E-state index in [-0.39, 0.29) is 5.92 Å². The van der Waals surface area contributed by atoms with E-state index < -0.39 is 12.6 Å². The molecule has 1 unspecified atom stereocenters. The van der Waals surface area contributed by atoms with Gasteiger partial charge in [-0.1, -0.05) is 19.3 Å².